The van der Waals surface area contributed by atoms with Gasteiger partial charge in [0.2, 0.25) is 6.41 Å². The van der Waals surface area contributed by atoms with Crippen LogP contribution in [0.4, 0.5) is 0 Å². The van der Waals surface area contributed by atoms with Crippen molar-refractivity contribution in [3.8, 4) is 0 Å². The molecule has 12 heavy (non-hydrogen) atoms. The number of aliphatic hydroxyl groups is 1. The number of hydrogen-bond acceptors (Lipinski definition) is 2. The Morgan fingerprint density at radius 2 is 2.50 bits per heavy atom. The van der Waals surface area contributed by atoms with Gasteiger partial charge in [0.15, 0.2) is 0 Å². The van der Waals surface area contributed by atoms with Crippen molar-refractivity contribution >= 4 is 6.41 Å². The predicted molar refractivity (Wildman–Crippen MR) is 44.5 cm³/mol. The van der Waals surface area contributed by atoms with E-state index in [9.17, 15) is 9.90 Å². The van der Waals surface area contributed by atoms with Crippen LogP contribution < -0.4 is 0 Å². The van der Waals surface area contributed by atoms with Gasteiger partial charge in [0, 0.05) is 12.5 Å². The van der Waals surface area contributed by atoms with E-state index >= 15 is 0 Å². The molecule has 0 aromatic heterocycles. The second-order valence-electron chi connectivity index (χ2n) is 3.24. The monoisotopic (exact) mass is 165 g/mol. The number of nitrogens with zero attached hydrogens (tertiary/aromatic N) is 1. The van der Waals surface area contributed by atoms with Gasteiger partial charge in [0.25, 0.3) is 0 Å². The lowest BCUT2D eigenvalue weighted by Crippen LogP contribution is -2.30. The molecule has 1 heterocycles. The van der Waals surface area contributed by atoms with E-state index in [0.29, 0.717) is 11.7 Å². The standard InChI is InChI=1S/C9H11NO2/c11-6-10-4-3-7-5-8(12)1-2-9(7)10/h1-2,5-7,9,12H,3-4H2. The summed E-state index contributed by atoms with van der Waals surface area (Å²) in [6, 6.07) is 0.179. The molecule has 2 atom stereocenters. The average Bonchev–Trinajstić information content (AvgIpc) is 2.46. The molecule has 1 fully saturated rings. The molecule has 2 aliphatic rings. The summed E-state index contributed by atoms with van der Waals surface area (Å²) in [5.41, 5.74) is 0. The lowest BCUT2D eigenvalue weighted by molar-refractivity contribution is -0.118. The minimum Gasteiger partial charge on any atom is -0.508 e. The molecule has 1 amide bonds. The lowest BCUT2D eigenvalue weighted by Gasteiger charge is -2.22. The van der Waals surface area contributed by atoms with Crippen LogP contribution in [0, 0.1) is 5.92 Å². The number of aliphatic hydroxyl groups excluding tert-OH is 1. The Morgan fingerprint density at radius 1 is 1.67 bits per heavy atom. The van der Waals surface area contributed by atoms with Crippen LogP contribution in [-0.4, -0.2) is 29.0 Å². The van der Waals surface area contributed by atoms with Gasteiger partial charge in [-0.05, 0) is 18.6 Å². The number of likely N-dealkylation sites (tertiary alicyclic amines) is 1. The Hall–Kier alpha value is -1.25. The second kappa shape index (κ2) is 2.66. The second-order valence-corrected chi connectivity index (χ2v) is 3.24. The molecule has 0 aromatic rings. The first-order valence-corrected chi connectivity index (χ1v) is 4.11. The highest BCUT2D eigenvalue weighted by molar-refractivity contribution is 5.50. The number of allylic oxidation sites excluding steroid dienone is 1. The highest BCUT2D eigenvalue weighted by Crippen LogP contribution is 2.29. The molecule has 64 valence electrons. The Bertz CT molecular complexity index is 257. The lowest BCUT2D eigenvalue weighted by atomic mass is 9.95. The van der Waals surface area contributed by atoms with Gasteiger partial charge in [-0.1, -0.05) is 6.08 Å². The summed E-state index contributed by atoms with van der Waals surface area (Å²) in [5.74, 6) is 0.643. The van der Waals surface area contributed by atoms with E-state index in [-0.39, 0.29) is 6.04 Å². The third kappa shape index (κ3) is 1.02. The molecule has 0 saturated carbocycles. The van der Waals surface area contributed by atoms with Crippen molar-refractivity contribution in [1.29, 1.82) is 0 Å². The van der Waals surface area contributed by atoms with Crippen molar-refractivity contribution < 1.29 is 9.90 Å². The summed E-state index contributed by atoms with van der Waals surface area (Å²) in [6.45, 7) is 0.799. The van der Waals surface area contributed by atoms with Gasteiger partial charge in [0.1, 0.15) is 5.76 Å². The SMILES string of the molecule is O=CN1CCC2C=C(O)C=CC21. The van der Waals surface area contributed by atoms with Crippen LogP contribution in [-0.2, 0) is 4.79 Å². The Balaban J connectivity index is 2.20. The largest absolute Gasteiger partial charge is 0.508 e. The highest BCUT2D eigenvalue weighted by Gasteiger charge is 2.31. The normalized spacial score (nSPS) is 33.0. The zero-order chi connectivity index (χ0) is 8.55. The van der Waals surface area contributed by atoms with Crippen molar-refractivity contribution in [3.05, 3.63) is 24.0 Å². The molecule has 3 nitrogen and oxygen atoms in total. The van der Waals surface area contributed by atoms with Crippen LogP contribution in [0.5, 0.6) is 0 Å². The maximum atomic E-state index is 10.6. The zero-order valence-corrected chi connectivity index (χ0v) is 6.68. The minimum atomic E-state index is 0.179. The van der Waals surface area contributed by atoms with Crippen LogP contribution in [0.1, 0.15) is 6.42 Å². The Labute approximate surface area is 71.0 Å². The topological polar surface area (TPSA) is 40.5 Å². The number of amides is 1. The van der Waals surface area contributed by atoms with Crippen LogP contribution in [0.25, 0.3) is 0 Å². The van der Waals surface area contributed by atoms with Crippen LogP contribution in [0.15, 0.2) is 24.0 Å². The smallest absolute Gasteiger partial charge is 0.210 e. The number of rotatable bonds is 1. The molecule has 1 aliphatic carbocycles. The fourth-order valence-corrected chi connectivity index (χ4v) is 1.89. The van der Waals surface area contributed by atoms with Crippen molar-refractivity contribution in [2.75, 3.05) is 6.54 Å². The van der Waals surface area contributed by atoms with Crippen molar-refractivity contribution in [1.82, 2.24) is 4.90 Å². The van der Waals surface area contributed by atoms with Gasteiger partial charge in [0.05, 0.1) is 6.04 Å². The molecule has 0 bridgehead atoms. The fourth-order valence-electron chi connectivity index (χ4n) is 1.89. The van der Waals surface area contributed by atoms with E-state index in [2.05, 4.69) is 0 Å². The fraction of sp³-hybridized carbons (Fsp3) is 0.444. The third-order valence-electron chi connectivity index (χ3n) is 2.53. The van der Waals surface area contributed by atoms with Gasteiger partial charge in [-0.25, -0.2) is 0 Å². The quantitative estimate of drug-likeness (QED) is 0.585. The molecule has 0 aromatic carbocycles. The molecule has 1 N–H and O–H groups in total. The van der Waals surface area contributed by atoms with Crippen LogP contribution in [0.3, 0.4) is 0 Å². The number of fused-ring (bicyclic) bond motifs is 1. The van der Waals surface area contributed by atoms with E-state index in [1.54, 1.807) is 11.0 Å². The van der Waals surface area contributed by atoms with Gasteiger partial charge < -0.3 is 10.0 Å². The number of carbonyl (C=O) groups is 1. The molecule has 0 radical (unpaired) electrons. The first kappa shape index (κ1) is 7.40. The molecule has 2 rings (SSSR count). The first-order chi connectivity index (χ1) is 5.81. The molecular formula is C9H11NO2. The summed E-state index contributed by atoms with van der Waals surface area (Å²) in [6.07, 6.45) is 7.21. The molecule has 3 heteroatoms. The van der Waals surface area contributed by atoms with Crippen molar-refractivity contribution in [2.45, 2.75) is 12.5 Å². The predicted octanol–water partition coefficient (Wildman–Crippen LogP) is 0.845. The number of carbonyl (C=O) groups excluding carboxylic acids is 1. The Kier molecular flexibility index (Phi) is 1.64. The molecule has 1 aliphatic heterocycles. The summed E-state index contributed by atoms with van der Waals surface area (Å²) < 4.78 is 0. The van der Waals surface area contributed by atoms with E-state index in [0.717, 1.165) is 19.4 Å². The third-order valence-corrected chi connectivity index (χ3v) is 2.53. The average molecular weight is 165 g/mol. The van der Waals surface area contributed by atoms with Crippen LogP contribution >= 0.6 is 0 Å². The summed E-state index contributed by atoms with van der Waals surface area (Å²) in [7, 11) is 0. The molecular weight excluding hydrogens is 154 g/mol. The van der Waals surface area contributed by atoms with Crippen molar-refractivity contribution in [3.63, 3.8) is 0 Å². The maximum absolute atomic E-state index is 10.6. The molecule has 0 spiro atoms. The van der Waals surface area contributed by atoms with Gasteiger partial charge >= 0.3 is 0 Å². The van der Waals surface area contributed by atoms with Gasteiger partial charge in [-0.3, -0.25) is 4.79 Å². The molecule has 1 saturated heterocycles. The van der Waals surface area contributed by atoms with Gasteiger partial charge in [-0.2, -0.15) is 0 Å². The first-order valence-electron chi connectivity index (χ1n) is 4.11. The highest BCUT2D eigenvalue weighted by atomic mass is 16.3. The summed E-state index contributed by atoms with van der Waals surface area (Å²) in [4.78, 5) is 12.3. The maximum Gasteiger partial charge on any atom is 0.210 e. The molecule has 2 unspecified atom stereocenters. The minimum absolute atomic E-state index is 0.179. The van der Waals surface area contributed by atoms with E-state index < -0.39 is 0 Å². The number of hydrogen-bond donors (Lipinski definition) is 1. The Morgan fingerprint density at radius 3 is 3.25 bits per heavy atom. The summed E-state index contributed by atoms with van der Waals surface area (Å²) in [5, 5.41) is 9.18. The van der Waals surface area contributed by atoms with E-state index in [1.807, 2.05) is 12.2 Å². The van der Waals surface area contributed by atoms with Crippen LogP contribution in [0.2, 0.25) is 0 Å². The van der Waals surface area contributed by atoms with E-state index in [1.165, 1.54) is 0 Å². The van der Waals surface area contributed by atoms with E-state index in [4.69, 9.17) is 0 Å². The zero-order valence-electron chi connectivity index (χ0n) is 6.68. The summed E-state index contributed by atoms with van der Waals surface area (Å²) >= 11 is 0. The van der Waals surface area contributed by atoms with Gasteiger partial charge in [-0.15, -0.1) is 0 Å². The van der Waals surface area contributed by atoms with Crippen molar-refractivity contribution in [2.24, 2.45) is 5.92 Å².